The first-order valence-corrected chi connectivity index (χ1v) is 10.0. The number of fused-ring (bicyclic) bond motifs is 5. The van der Waals surface area contributed by atoms with E-state index in [-0.39, 0.29) is 23.5 Å². The molecule has 9 atom stereocenters. The van der Waals surface area contributed by atoms with Crippen LogP contribution in [0.3, 0.4) is 0 Å². The van der Waals surface area contributed by atoms with E-state index in [0.717, 1.165) is 32.1 Å². The Morgan fingerprint density at radius 2 is 1.88 bits per heavy atom. The summed E-state index contributed by atoms with van der Waals surface area (Å²) >= 11 is 0. The van der Waals surface area contributed by atoms with Gasteiger partial charge in [0.15, 0.2) is 0 Å². The molecule has 0 aromatic heterocycles. The van der Waals surface area contributed by atoms with Crippen LogP contribution >= 0.6 is 0 Å². The van der Waals surface area contributed by atoms with E-state index in [2.05, 4.69) is 19.9 Å². The van der Waals surface area contributed by atoms with Gasteiger partial charge in [-0.1, -0.05) is 13.8 Å². The predicted molar refractivity (Wildman–Crippen MR) is 93.0 cm³/mol. The molecule has 2 unspecified atom stereocenters. The van der Waals surface area contributed by atoms with Crippen molar-refractivity contribution in [2.24, 2.45) is 40.4 Å². The van der Waals surface area contributed by atoms with Crippen molar-refractivity contribution in [3.63, 3.8) is 0 Å². The van der Waals surface area contributed by atoms with Crippen LogP contribution in [-0.4, -0.2) is 24.4 Å². The van der Waals surface area contributed by atoms with Crippen LogP contribution in [0.1, 0.15) is 65.2 Å². The van der Waals surface area contributed by atoms with Crippen LogP contribution in [0.2, 0.25) is 0 Å². The van der Waals surface area contributed by atoms with Crippen molar-refractivity contribution in [1.29, 1.82) is 5.26 Å². The molecule has 4 rings (SSSR count). The first-order chi connectivity index (χ1) is 11.4. The molecule has 0 radical (unpaired) electrons. The summed E-state index contributed by atoms with van der Waals surface area (Å²) < 4.78 is 6.10. The van der Waals surface area contributed by atoms with E-state index in [1.54, 1.807) is 0 Å². The number of methoxy groups -OCH3 is 1. The summed E-state index contributed by atoms with van der Waals surface area (Å²) in [5, 5.41) is 19.8. The Kier molecular flexibility index (Phi) is 4.01. The highest BCUT2D eigenvalue weighted by atomic mass is 16.5. The molecule has 0 aromatic rings. The van der Waals surface area contributed by atoms with Crippen molar-refractivity contribution in [2.45, 2.75) is 77.4 Å². The van der Waals surface area contributed by atoms with Gasteiger partial charge in [-0.3, -0.25) is 0 Å². The molecule has 0 aromatic carbocycles. The molecule has 4 aliphatic carbocycles. The predicted octanol–water partition coefficient (Wildman–Crippen LogP) is 4.15. The van der Waals surface area contributed by atoms with Gasteiger partial charge in [0.1, 0.15) is 0 Å². The van der Waals surface area contributed by atoms with Crippen LogP contribution in [0.25, 0.3) is 0 Å². The second-order valence-corrected chi connectivity index (χ2v) is 9.75. The maximum Gasteiger partial charge on any atom is 0.0661 e. The molecule has 0 aliphatic heterocycles. The Balaban J connectivity index is 1.70. The van der Waals surface area contributed by atoms with Gasteiger partial charge in [-0.25, -0.2) is 0 Å². The van der Waals surface area contributed by atoms with E-state index in [1.165, 1.54) is 19.3 Å². The zero-order chi connectivity index (χ0) is 17.1. The lowest BCUT2D eigenvalue weighted by Crippen LogP contribution is -2.59. The molecule has 4 saturated carbocycles. The molecule has 3 nitrogen and oxygen atoms in total. The van der Waals surface area contributed by atoms with Gasteiger partial charge in [0.2, 0.25) is 0 Å². The van der Waals surface area contributed by atoms with Gasteiger partial charge in [-0.15, -0.1) is 0 Å². The Labute approximate surface area is 146 Å². The van der Waals surface area contributed by atoms with Gasteiger partial charge in [0, 0.05) is 7.11 Å². The highest BCUT2D eigenvalue weighted by Crippen LogP contribution is 2.67. The number of aliphatic hydroxyl groups is 1. The molecule has 0 saturated heterocycles. The molecule has 0 heterocycles. The van der Waals surface area contributed by atoms with Gasteiger partial charge < -0.3 is 9.84 Å². The average Bonchev–Trinajstić information content (AvgIpc) is 2.90. The fourth-order valence-corrected chi connectivity index (χ4v) is 7.76. The third-order valence-corrected chi connectivity index (χ3v) is 9.00. The second-order valence-electron chi connectivity index (χ2n) is 9.75. The maximum absolute atomic E-state index is 10.2. The molecule has 24 heavy (non-hydrogen) atoms. The highest BCUT2D eigenvalue weighted by molar-refractivity contribution is 5.15. The SMILES string of the molecule is CO[C@@H]1C[C@@]2(C)C(CC[C@@H]2C#N)[C@@H]2CCC3C[C@H](O)CC[C@]3(C)[C@@H]12. The van der Waals surface area contributed by atoms with Crippen molar-refractivity contribution >= 4 is 0 Å². The van der Waals surface area contributed by atoms with Gasteiger partial charge in [-0.05, 0) is 85.9 Å². The van der Waals surface area contributed by atoms with E-state index in [4.69, 9.17) is 4.74 Å². The van der Waals surface area contributed by atoms with Crippen molar-refractivity contribution in [2.75, 3.05) is 7.11 Å². The second kappa shape index (κ2) is 5.71. The number of nitriles is 1. The zero-order valence-electron chi connectivity index (χ0n) is 15.5. The molecule has 4 fully saturated rings. The van der Waals surface area contributed by atoms with Crippen molar-refractivity contribution in [3.05, 3.63) is 0 Å². The maximum atomic E-state index is 10.2. The number of rotatable bonds is 1. The lowest BCUT2D eigenvalue weighted by Gasteiger charge is -2.62. The largest absolute Gasteiger partial charge is 0.393 e. The Morgan fingerprint density at radius 3 is 2.58 bits per heavy atom. The van der Waals surface area contributed by atoms with E-state index in [9.17, 15) is 10.4 Å². The molecule has 134 valence electrons. The first-order valence-electron chi connectivity index (χ1n) is 10.0. The minimum absolute atomic E-state index is 0.0936. The van der Waals surface area contributed by atoms with E-state index in [0.29, 0.717) is 29.1 Å². The minimum atomic E-state index is -0.0936. The molecule has 0 bridgehead atoms. The van der Waals surface area contributed by atoms with Gasteiger partial charge in [0.05, 0.1) is 24.2 Å². The topological polar surface area (TPSA) is 53.2 Å². The molecule has 0 amide bonds. The summed E-state index contributed by atoms with van der Waals surface area (Å²) in [5.41, 5.74) is 0.461. The number of nitrogens with zero attached hydrogens (tertiary/aromatic N) is 1. The van der Waals surface area contributed by atoms with Crippen molar-refractivity contribution in [1.82, 2.24) is 0 Å². The summed E-state index contributed by atoms with van der Waals surface area (Å²) in [6, 6.07) is 2.63. The van der Waals surface area contributed by atoms with Crippen molar-refractivity contribution < 1.29 is 9.84 Å². The molecule has 4 aliphatic rings. The summed E-state index contributed by atoms with van der Waals surface area (Å²) in [7, 11) is 1.88. The molecule has 0 spiro atoms. The summed E-state index contributed by atoms with van der Waals surface area (Å²) in [5.74, 6) is 2.88. The first kappa shape index (κ1) is 16.9. The van der Waals surface area contributed by atoms with Crippen LogP contribution in [0.15, 0.2) is 0 Å². The number of hydrogen-bond acceptors (Lipinski definition) is 3. The quantitative estimate of drug-likeness (QED) is 0.785. The summed E-state index contributed by atoms with van der Waals surface area (Å²) in [6.07, 6.45) is 9.17. The minimum Gasteiger partial charge on any atom is -0.393 e. The fourth-order valence-electron chi connectivity index (χ4n) is 7.76. The normalized spacial score (nSPS) is 56.7. The molecular formula is C21H33NO2. The smallest absolute Gasteiger partial charge is 0.0661 e. The van der Waals surface area contributed by atoms with Crippen LogP contribution in [0.4, 0.5) is 0 Å². The van der Waals surface area contributed by atoms with E-state index >= 15 is 0 Å². The Hall–Kier alpha value is -0.590. The van der Waals surface area contributed by atoms with Crippen LogP contribution in [-0.2, 0) is 4.74 Å². The van der Waals surface area contributed by atoms with E-state index in [1.807, 2.05) is 7.11 Å². The monoisotopic (exact) mass is 331 g/mol. The van der Waals surface area contributed by atoms with Gasteiger partial charge in [0.25, 0.3) is 0 Å². The lowest BCUT2D eigenvalue weighted by molar-refractivity contribution is -0.183. The van der Waals surface area contributed by atoms with Crippen LogP contribution in [0, 0.1) is 51.8 Å². The lowest BCUT2D eigenvalue weighted by atomic mass is 9.44. The molecule has 3 heteroatoms. The van der Waals surface area contributed by atoms with Crippen LogP contribution in [0.5, 0.6) is 0 Å². The summed E-state index contributed by atoms with van der Waals surface area (Å²) in [4.78, 5) is 0. The average molecular weight is 332 g/mol. The number of aliphatic hydroxyl groups excluding tert-OH is 1. The van der Waals surface area contributed by atoms with E-state index < -0.39 is 0 Å². The number of hydrogen-bond donors (Lipinski definition) is 1. The highest BCUT2D eigenvalue weighted by Gasteiger charge is 2.63. The third-order valence-electron chi connectivity index (χ3n) is 9.00. The van der Waals surface area contributed by atoms with Gasteiger partial charge >= 0.3 is 0 Å². The standard InChI is InChI=1S/C21H33NO2/c1-20-9-8-15(23)10-13(20)4-6-16-17-7-5-14(12-22)21(17,2)11-18(24-3)19(16)20/h13-19,23H,4-11H2,1-3H3/t13?,14-,15-,16+,17?,18-,19-,20+,21-/m1/s1. The van der Waals surface area contributed by atoms with Gasteiger partial charge in [-0.2, -0.15) is 5.26 Å². The Bertz CT molecular complexity index is 542. The van der Waals surface area contributed by atoms with Crippen LogP contribution < -0.4 is 0 Å². The third kappa shape index (κ3) is 2.15. The zero-order valence-corrected chi connectivity index (χ0v) is 15.5. The Morgan fingerprint density at radius 1 is 1.08 bits per heavy atom. The number of ether oxygens (including phenoxy) is 1. The summed E-state index contributed by atoms with van der Waals surface area (Å²) in [6.45, 7) is 4.87. The molecular weight excluding hydrogens is 298 g/mol. The molecule has 1 N–H and O–H groups in total. The fraction of sp³-hybridized carbons (Fsp3) is 0.952. The van der Waals surface area contributed by atoms with Crippen molar-refractivity contribution in [3.8, 4) is 6.07 Å².